The van der Waals surface area contributed by atoms with Crippen LogP contribution in [-0.2, 0) is 7.05 Å². The van der Waals surface area contributed by atoms with Gasteiger partial charge in [-0.2, -0.15) is 4.99 Å². The van der Waals surface area contributed by atoms with Crippen LogP contribution < -0.4 is 4.80 Å². The maximum absolute atomic E-state index is 12.2. The van der Waals surface area contributed by atoms with Crippen molar-refractivity contribution in [2.45, 2.75) is 0 Å². The van der Waals surface area contributed by atoms with Crippen molar-refractivity contribution >= 4 is 44.1 Å². The zero-order valence-corrected chi connectivity index (χ0v) is 12.5. The number of aromatic nitrogens is 2. The number of rotatable bonds is 1. The molecule has 0 spiro atoms. The first-order valence-corrected chi connectivity index (χ1v) is 7.29. The lowest BCUT2D eigenvalue weighted by Gasteiger charge is -1.92. The van der Waals surface area contributed by atoms with E-state index in [4.69, 9.17) is 0 Å². The summed E-state index contributed by atoms with van der Waals surface area (Å²) in [7, 11) is 1.86. The van der Waals surface area contributed by atoms with Crippen molar-refractivity contribution in [1.29, 1.82) is 0 Å². The SMILES string of the molecule is Cn1ccsc1=NC(=O)c1[nH]c2ccccc2c1Br. The minimum absolute atomic E-state index is 0.277. The van der Waals surface area contributed by atoms with E-state index in [2.05, 4.69) is 25.9 Å². The van der Waals surface area contributed by atoms with Gasteiger partial charge in [0, 0.05) is 29.5 Å². The average Bonchev–Trinajstić information content (AvgIpc) is 2.95. The van der Waals surface area contributed by atoms with Crippen molar-refractivity contribution in [3.8, 4) is 0 Å². The Morgan fingerprint density at radius 2 is 2.21 bits per heavy atom. The van der Waals surface area contributed by atoms with E-state index in [0.717, 1.165) is 15.4 Å². The monoisotopic (exact) mass is 335 g/mol. The molecule has 1 aromatic carbocycles. The van der Waals surface area contributed by atoms with Crippen LogP contribution in [0.25, 0.3) is 10.9 Å². The van der Waals surface area contributed by atoms with Crippen molar-refractivity contribution in [2.24, 2.45) is 12.0 Å². The third kappa shape index (κ3) is 2.17. The highest BCUT2D eigenvalue weighted by atomic mass is 79.9. The fourth-order valence-electron chi connectivity index (χ4n) is 1.83. The Bertz CT molecular complexity index is 828. The molecule has 0 aliphatic heterocycles. The van der Waals surface area contributed by atoms with Gasteiger partial charge in [0.2, 0.25) is 0 Å². The number of para-hydroxylation sites is 1. The Kier molecular flexibility index (Phi) is 3.12. The highest BCUT2D eigenvalue weighted by molar-refractivity contribution is 9.10. The number of carbonyl (C=O) groups is 1. The van der Waals surface area contributed by atoms with Gasteiger partial charge in [0.05, 0.1) is 4.47 Å². The predicted molar refractivity (Wildman–Crippen MR) is 79.2 cm³/mol. The van der Waals surface area contributed by atoms with E-state index in [-0.39, 0.29) is 5.91 Å². The fourth-order valence-corrected chi connectivity index (χ4v) is 3.17. The summed E-state index contributed by atoms with van der Waals surface area (Å²) in [5.74, 6) is -0.277. The van der Waals surface area contributed by atoms with Crippen LogP contribution in [0.15, 0.2) is 45.3 Å². The predicted octanol–water partition coefficient (Wildman–Crippen LogP) is 3.07. The Morgan fingerprint density at radius 3 is 2.89 bits per heavy atom. The molecule has 19 heavy (non-hydrogen) atoms. The topological polar surface area (TPSA) is 50.1 Å². The summed E-state index contributed by atoms with van der Waals surface area (Å²) in [6.07, 6.45) is 1.87. The number of thiazole rings is 1. The lowest BCUT2D eigenvalue weighted by molar-refractivity contribution is 0.0993. The van der Waals surface area contributed by atoms with Crippen molar-refractivity contribution in [3.63, 3.8) is 0 Å². The quantitative estimate of drug-likeness (QED) is 0.729. The number of halogens is 1. The van der Waals surface area contributed by atoms with Crippen LogP contribution >= 0.6 is 27.3 Å². The standard InChI is InChI=1S/C13H10BrN3OS/c1-17-6-7-19-13(17)16-12(18)11-10(14)8-4-2-3-5-9(8)15-11/h2-7,15H,1H3. The molecule has 2 aromatic heterocycles. The number of aryl methyl sites for hydroxylation is 1. The lowest BCUT2D eigenvalue weighted by atomic mass is 10.2. The molecule has 0 unspecified atom stereocenters. The average molecular weight is 336 g/mol. The van der Waals surface area contributed by atoms with Gasteiger partial charge in [0.1, 0.15) is 5.69 Å². The highest BCUT2D eigenvalue weighted by Crippen LogP contribution is 2.27. The maximum Gasteiger partial charge on any atom is 0.297 e. The smallest absolute Gasteiger partial charge is 0.297 e. The normalized spacial score (nSPS) is 12.2. The molecule has 0 fully saturated rings. The van der Waals surface area contributed by atoms with Gasteiger partial charge >= 0.3 is 0 Å². The van der Waals surface area contributed by atoms with Crippen LogP contribution in [0, 0.1) is 0 Å². The number of H-pyrrole nitrogens is 1. The summed E-state index contributed by atoms with van der Waals surface area (Å²) in [6.45, 7) is 0. The minimum atomic E-state index is -0.277. The van der Waals surface area contributed by atoms with E-state index in [1.807, 2.05) is 47.5 Å². The molecule has 96 valence electrons. The van der Waals surface area contributed by atoms with Gasteiger partial charge in [-0.25, -0.2) is 0 Å². The molecule has 2 heterocycles. The number of nitrogens with zero attached hydrogens (tertiary/aromatic N) is 2. The van der Waals surface area contributed by atoms with E-state index in [1.54, 1.807) is 0 Å². The molecule has 0 bridgehead atoms. The van der Waals surface area contributed by atoms with Crippen molar-refractivity contribution in [3.05, 3.63) is 50.8 Å². The summed E-state index contributed by atoms with van der Waals surface area (Å²) in [5.41, 5.74) is 1.40. The van der Waals surface area contributed by atoms with Gasteiger partial charge in [-0.05, 0) is 22.0 Å². The lowest BCUT2D eigenvalue weighted by Crippen LogP contribution is -2.12. The summed E-state index contributed by atoms with van der Waals surface area (Å²) in [5, 5.41) is 2.88. The zero-order chi connectivity index (χ0) is 13.4. The van der Waals surface area contributed by atoms with Crippen LogP contribution in [0.3, 0.4) is 0 Å². The van der Waals surface area contributed by atoms with Crippen molar-refractivity contribution < 1.29 is 4.79 Å². The number of hydrogen-bond donors (Lipinski definition) is 1. The van der Waals surface area contributed by atoms with Crippen LogP contribution in [0.1, 0.15) is 10.5 Å². The number of benzene rings is 1. The Balaban J connectivity index is 2.13. The van der Waals surface area contributed by atoms with E-state index in [1.165, 1.54) is 11.3 Å². The fraction of sp³-hybridized carbons (Fsp3) is 0.0769. The van der Waals surface area contributed by atoms with E-state index in [0.29, 0.717) is 10.5 Å². The first-order chi connectivity index (χ1) is 9.16. The van der Waals surface area contributed by atoms with Crippen LogP contribution in [0.4, 0.5) is 0 Å². The maximum atomic E-state index is 12.2. The molecule has 3 rings (SSSR count). The third-order valence-corrected chi connectivity index (χ3v) is 4.48. The molecular formula is C13H10BrN3OS. The molecule has 4 nitrogen and oxygen atoms in total. The summed E-state index contributed by atoms with van der Waals surface area (Å²) in [4.78, 5) is 20.1. The molecule has 1 N–H and O–H groups in total. The van der Waals surface area contributed by atoms with Crippen molar-refractivity contribution in [1.82, 2.24) is 9.55 Å². The Labute approximate surface area is 121 Å². The molecule has 0 aliphatic rings. The zero-order valence-electron chi connectivity index (χ0n) is 10.1. The number of carbonyl (C=O) groups excluding carboxylic acids is 1. The van der Waals surface area contributed by atoms with E-state index >= 15 is 0 Å². The number of fused-ring (bicyclic) bond motifs is 1. The van der Waals surface area contributed by atoms with Gasteiger partial charge < -0.3 is 9.55 Å². The van der Waals surface area contributed by atoms with Crippen LogP contribution in [0.2, 0.25) is 0 Å². The molecule has 0 radical (unpaired) electrons. The number of aromatic amines is 1. The number of amides is 1. The molecule has 3 aromatic rings. The minimum Gasteiger partial charge on any atom is -0.349 e. The van der Waals surface area contributed by atoms with Crippen LogP contribution in [0.5, 0.6) is 0 Å². The Hall–Kier alpha value is -1.66. The first kappa shape index (κ1) is 12.4. The second-order valence-electron chi connectivity index (χ2n) is 4.07. The molecule has 0 saturated carbocycles. The van der Waals surface area contributed by atoms with Gasteiger partial charge in [-0.15, -0.1) is 11.3 Å². The molecule has 0 saturated heterocycles. The number of nitrogens with one attached hydrogen (secondary N) is 1. The van der Waals surface area contributed by atoms with Gasteiger partial charge in [0.15, 0.2) is 4.80 Å². The summed E-state index contributed by atoms with van der Waals surface area (Å²) in [6, 6.07) is 7.75. The molecular weight excluding hydrogens is 326 g/mol. The summed E-state index contributed by atoms with van der Waals surface area (Å²) < 4.78 is 2.58. The molecule has 0 aliphatic carbocycles. The highest BCUT2D eigenvalue weighted by Gasteiger charge is 2.15. The van der Waals surface area contributed by atoms with E-state index in [9.17, 15) is 4.79 Å². The molecule has 0 atom stereocenters. The van der Waals surface area contributed by atoms with Crippen molar-refractivity contribution in [2.75, 3.05) is 0 Å². The van der Waals surface area contributed by atoms with E-state index < -0.39 is 0 Å². The second-order valence-corrected chi connectivity index (χ2v) is 5.74. The summed E-state index contributed by atoms with van der Waals surface area (Å²) >= 11 is 4.89. The largest absolute Gasteiger partial charge is 0.349 e. The van der Waals surface area contributed by atoms with Crippen LogP contribution in [-0.4, -0.2) is 15.5 Å². The van der Waals surface area contributed by atoms with Gasteiger partial charge in [-0.1, -0.05) is 18.2 Å². The first-order valence-electron chi connectivity index (χ1n) is 5.62. The molecule has 6 heteroatoms. The molecule has 1 amide bonds. The van der Waals surface area contributed by atoms with Gasteiger partial charge in [0.25, 0.3) is 5.91 Å². The second kappa shape index (κ2) is 4.79. The third-order valence-electron chi connectivity index (χ3n) is 2.81. The van der Waals surface area contributed by atoms with Gasteiger partial charge in [-0.3, -0.25) is 4.79 Å². The number of hydrogen-bond acceptors (Lipinski definition) is 2. The Morgan fingerprint density at radius 1 is 1.42 bits per heavy atom.